The van der Waals surface area contributed by atoms with Gasteiger partial charge in [-0.15, -0.1) is 10.2 Å². The SMILES string of the molecule is COc1ccc(CCNS(=O)(=O)c2nnc(NC(C)=O)s2)cc1OC. The zero-order valence-electron chi connectivity index (χ0n) is 13.9. The number of hydrogen-bond acceptors (Lipinski definition) is 8. The highest BCUT2D eigenvalue weighted by atomic mass is 32.2. The second kappa shape index (κ2) is 8.23. The van der Waals surface area contributed by atoms with Crippen molar-refractivity contribution in [3.8, 4) is 11.5 Å². The van der Waals surface area contributed by atoms with Crippen LogP contribution in [0.3, 0.4) is 0 Å². The van der Waals surface area contributed by atoms with Crippen molar-refractivity contribution in [1.29, 1.82) is 0 Å². The summed E-state index contributed by atoms with van der Waals surface area (Å²) >= 11 is 0.784. The molecule has 136 valence electrons. The Bertz CT molecular complexity index is 851. The summed E-state index contributed by atoms with van der Waals surface area (Å²) in [5.41, 5.74) is 0.886. The lowest BCUT2D eigenvalue weighted by atomic mass is 10.1. The molecule has 2 N–H and O–H groups in total. The molecule has 2 rings (SSSR count). The van der Waals surface area contributed by atoms with E-state index in [0.29, 0.717) is 17.9 Å². The van der Waals surface area contributed by atoms with E-state index in [9.17, 15) is 13.2 Å². The van der Waals surface area contributed by atoms with Gasteiger partial charge in [-0.25, -0.2) is 13.1 Å². The van der Waals surface area contributed by atoms with Crippen molar-refractivity contribution in [2.45, 2.75) is 17.7 Å². The van der Waals surface area contributed by atoms with Gasteiger partial charge in [-0.1, -0.05) is 17.4 Å². The van der Waals surface area contributed by atoms with Crippen LogP contribution in [-0.4, -0.2) is 45.3 Å². The number of benzene rings is 1. The summed E-state index contributed by atoms with van der Waals surface area (Å²) < 4.78 is 37.0. The number of rotatable bonds is 8. The van der Waals surface area contributed by atoms with Crippen LogP contribution in [0, 0.1) is 0 Å². The van der Waals surface area contributed by atoms with Crippen LogP contribution < -0.4 is 19.5 Å². The predicted octanol–water partition coefficient (Wildman–Crippen LogP) is 1.03. The van der Waals surface area contributed by atoms with Gasteiger partial charge in [0.2, 0.25) is 15.4 Å². The Kier molecular flexibility index (Phi) is 6.28. The molecule has 0 fully saturated rings. The molecule has 0 saturated carbocycles. The number of carbonyl (C=O) groups is 1. The van der Waals surface area contributed by atoms with Crippen LogP contribution in [0.25, 0.3) is 0 Å². The van der Waals surface area contributed by atoms with E-state index < -0.39 is 10.0 Å². The molecule has 0 saturated heterocycles. The van der Waals surface area contributed by atoms with E-state index in [4.69, 9.17) is 9.47 Å². The van der Waals surface area contributed by atoms with E-state index in [2.05, 4.69) is 20.2 Å². The molecule has 0 atom stereocenters. The summed E-state index contributed by atoms with van der Waals surface area (Å²) in [6, 6.07) is 5.37. The summed E-state index contributed by atoms with van der Waals surface area (Å²) in [5.74, 6) is 0.833. The van der Waals surface area contributed by atoms with Crippen LogP contribution in [0.1, 0.15) is 12.5 Å². The molecule has 25 heavy (non-hydrogen) atoms. The van der Waals surface area contributed by atoms with Crippen molar-refractivity contribution in [2.75, 3.05) is 26.1 Å². The Hall–Kier alpha value is -2.24. The van der Waals surface area contributed by atoms with Crippen molar-refractivity contribution in [2.24, 2.45) is 0 Å². The minimum Gasteiger partial charge on any atom is -0.493 e. The Balaban J connectivity index is 1.98. The summed E-state index contributed by atoms with van der Waals surface area (Å²) in [7, 11) is -0.707. The lowest BCUT2D eigenvalue weighted by molar-refractivity contribution is -0.114. The molecule has 0 aliphatic carbocycles. The largest absolute Gasteiger partial charge is 0.493 e. The third kappa shape index (κ3) is 5.11. The number of carbonyl (C=O) groups excluding carboxylic acids is 1. The fourth-order valence-electron chi connectivity index (χ4n) is 1.95. The van der Waals surface area contributed by atoms with Crippen molar-refractivity contribution in [3.05, 3.63) is 23.8 Å². The van der Waals surface area contributed by atoms with E-state index in [1.807, 2.05) is 6.07 Å². The second-order valence-corrected chi connectivity index (χ2v) is 7.81. The number of nitrogens with one attached hydrogen (secondary N) is 2. The fourth-order valence-corrected chi connectivity index (χ4v) is 3.97. The molecule has 1 aromatic carbocycles. The quantitative estimate of drug-likeness (QED) is 0.650. The van der Waals surface area contributed by atoms with E-state index in [1.54, 1.807) is 19.2 Å². The number of nitrogens with zero attached hydrogens (tertiary/aromatic N) is 2. The molecule has 0 bridgehead atoms. The van der Waals surface area contributed by atoms with Gasteiger partial charge in [0.15, 0.2) is 11.5 Å². The molecule has 9 nitrogen and oxygen atoms in total. The lowest BCUT2D eigenvalue weighted by Gasteiger charge is -2.09. The van der Waals surface area contributed by atoms with Gasteiger partial charge in [-0.2, -0.15) is 0 Å². The standard InChI is InChI=1S/C14H18N4O5S2/c1-9(19)16-13-17-18-14(24-13)25(20,21)15-7-6-10-4-5-11(22-2)12(8-10)23-3/h4-5,8,15H,6-7H2,1-3H3,(H,16,17,19). The van der Waals surface area contributed by atoms with Gasteiger partial charge < -0.3 is 14.8 Å². The van der Waals surface area contributed by atoms with Gasteiger partial charge in [0.25, 0.3) is 10.0 Å². The molecule has 1 amide bonds. The fraction of sp³-hybridized carbons (Fsp3) is 0.357. The first-order valence-electron chi connectivity index (χ1n) is 7.17. The third-order valence-corrected chi connectivity index (χ3v) is 5.74. The Morgan fingerprint density at radius 3 is 2.56 bits per heavy atom. The van der Waals surface area contributed by atoms with Gasteiger partial charge in [-0.3, -0.25) is 4.79 Å². The number of ether oxygens (including phenoxy) is 2. The van der Waals surface area contributed by atoms with Crippen molar-refractivity contribution < 1.29 is 22.7 Å². The maximum Gasteiger partial charge on any atom is 0.269 e. The number of anilines is 1. The first-order chi connectivity index (χ1) is 11.9. The summed E-state index contributed by atoms with van der Waals surface area (Å²) in [4.78, 5) is 10.9. The summed E-state index contributed by atoms with van der Waals surface area (Å²) in [5, 5.41) is 9.72. The molecule has 1 aromatic heterocycles. The first kappa shape index (κ1) is 19.1. The summed E-state index contributed by atoms with van der Waals surface area (Å²) in [6.45, 7) is 1.48. The van der Waals surface area contributed by atoms with E-state index in [0.717, 1.165) is 16.9 Å². The molecule has 1 heterocycles. The van der Waals surface area contributed by atoms with Crippen molar-refractivity contribution in [3.63, 3.8) is 0 Å². The molecule has 0 unspecified atom stereocenters. The summed E-state index contributed by atoms with van der Waals surface area (Å²) in [6.07, 6.45) is 0.455. The van der Waals surface area contributed by atoms with Gasteiger partial charge in [-0.05, 0) is 24.1 Å². The molecule has 0 spiro atoms. The van der Waals surface area contributed by atoms with Crippen LogP contribution in [-0.2, 0) is 21.2 Å². The monoisotopic (exact) mass is 386 g/mol. The van der Waals surface area contributed by atoms with Crippen LogP contribution >= 0.6 is 11.3 Å². The first-order valence-corrected chi connectivity index (χ1v) is 9.47. The topological polar surface area (TPSA) is 120 Å². The number of hydrogen-bond donors (Lipinski definition) is 2. The zero-order chi connectivity index (χ0) is 18.4. The Labute approximate surface area is 149 Å². The molecule has 0 aliphatic rings. The molecule has 11 heteroatoms. The van der Waals surface area contributed by atoms with Crippen LogP contribution in [0.2, 0.25) is 0 Å². The van der Waals surface area contributed by atoms with Crippen LogP contribution in [0.15, 0.2) is 22.5 Å². The minimum absolute atomic E-state index is 0.132. The number of sulfonamides is 1. The highest BCUT2D eigenvalue weighted by Gasteiger charge is 2.20. The third-order valence-electron chi connectivity index (χ3n) is 3.07. The van der Waals surface area contributed by atoms with Gasteiger partial charge in [0.1, 0.15) is 0 Å². The molecular formula is C14H18N4O5S2. The van der Waals surface area contributed by atoms with Gasteiger partial charge in [0.05, 0.1) is 14.2 Å². The highest BCUT2D eigenvalue weighted by Crippen LogP contribution is 2.27. The number of methoxy groups -OCH3 is 2. The smallest absolute Gasteiger partial charge is 0.269 e. The van der Waals surface area contributed by atoms with Gasteiger partial charge in [0, 0.05) is 13.5 Å². The normalized spacial score (nSPS) is 11.2. The van der Waals surface area contributed by atoms with Crippen molar-refractivity contribution in [1.82, 2.24) is 14.9 Å². The zero-order valence-corrected chi connectivity index (χ0v) is 15.5. The second-order valence-electron chi connectivity index (χ2n) is 4.89. The molecule has 0 aliphatic heterocycles. The molecule has 0 radical (unpaired) electrons. The lowest BCUT2D eigenvalue weighted by Crippen LogP contribution is -2.26. The number of aromatic nitrogens is 2. The predicted molar refractivity (Wildman–Crippen MR) is 92.7 cm³/mol. The van der Waals surface area contributed by atoms with Crippen LogP contribution in [0.4, 0.5) is 5.13 Å². The average Bonchev–Trinajstić information content (AvgIpc) is 3.03. The van der Waals surface area contributed by atoms with Crippen LogP contribution in [0.5, 0.6) is 11.5 Å². The van der Waals surface area contributed by atoms with E-state index >= 15 is 0 Å². The number of amides is 1. The highest BCUT2D eigenvalue weighted by molar-refractivity contribution is 7.91. The van der Waals surface area contributed by atoms with Gasteiger partial charge >= 0.3 is 0 Å². The maximum absolute atomic E-state index is 12.2. The Morgan fingerprint density at radius 1 is 1.20 bits per heavy atom. The Morgan fingerprint density at radius 2 is 1.92 bits per heavy atom. The maximum atomic E-state index is 12.2. The molecule has 2 aromatic rings. The van der Waals surface area contributed by atoms with Crippen molar-refractivity contribution >= 4 is 32.4 Å². The minimum atomic E-state index is -3.79. The van der Waals surface area contributed by atoms with E-state index in [-0.39, 0.29) is 21.9 Å². The van der Waals surface area contributed by atoms with E-state index in [1.165, 1.54) is 14.0 Å². The molecular weight excluding hydrogens is 368 g/mol. The average molecular weight is 386 g/mol.